The highest BCUT2D eigenvalue weighted by Crippen LogP contribution is 2.32. The van der Waals surface area contributed by atoms with E-state index in [2.05, 4.69) is 4.98 Å². The van der Waals surface area contributed by atoms with Gasteiger partial charge in [-0.3, -0.25) is 4.79 Å². The van der Waals surface area contributed by atoms with Gasteiger partial charge in [0, 0.05) is 40.0 Å². The summed E-state index contributed by atoms with van der Waals surface area (Å²) in [6, 6.07) is 12.2. The summed E-state index contributed by atoms with van der Waals surface area (Å²) in [6.45, 7) is 3.74. The summed E-state index contributed by atoms with van der Waals surface area (Å²) in [5.41, 5.74) is 4.45. The van der Waals surface area contributed by atoms with Gasteiger partial charge in [0.25, 0.3) is 5.91 Å². The Balaban J connectivity index is 1.41. The second-order valence-electron chi connectivity index (χ2n) is 8.69. The Bertz CT molecular complexity index is 1520. The minimum atomic E-state index is -0.745. The number of aryl methyl sites for hydroxylation is 2. The van der Waals surface area contributed by atoms with Crippen LogP contribution in [-0.4, -0.2) is 41.5 Å². The Labute approximate surface area is 201 Å². The number of hydrogen-bond donors (Lipinski definition) is 1. The summed E-state index contributed by atoms with van der Waals surface area (Å²) in [5.74, 6) is -0.363. The van der Waals surface area contributed by atoms with Gasteiger partial charge in [-0.1, -0.05) is 25.1 Å². The van der Waals surface area contributed by atoms with E-state index in [0.29, 0.717) is 29.7 Å². The third-order valence-electron chi connectivity index (χ3n) is 6.73. The van der Waals surface area contributed by atoms with Crippen molar-refractivity contribution in [3.63, 3.8) is 0 Å². The number of rotatable bonds is 5. The molecule has 35 heavy (non-hydrogen) atoms. The van der Waals surface area contributed by atoms with Gasteiger partial charge in [0.1, 0.15) is 17.4 Å². The fourth-order valence-electron chi connectivity index (χ4n) is 4.90. The molecule has 3 heterocycles. The lowest BCUT2D eigenvalue weighted by Gasteiger charge is -2.33. The highest BCUT2D eigenvalue weighted by molar-refractivity contribution is 5.90. The van der Waals surface area contributed by atoms with Gasteiger partial charge in [-0.25, -0.2) is 9.59 Å². The Morgan fingerprint density at radius 3 is 2.74 bits per heavy atom. The molecule has 0 saturated carbocycles. The molecule has 0 bridgehead atoms. The molecule has 0 aliphatic carbocycles. The Kier molecular flexibility index (Phi) is 5.80. The predicted molar refractivity (Wildman–Crippen MR) is 130 cm³/mol. The normalized spacial score (nSPS) is 15.3. The minimum absolute atomic E-state index is 0.247. The minimum Gasteiger partial charge on any atom is -0.483 e. The molecule has 2 aromatic carbocycles. The van der Waals surface area contributed by atoms with Crippen LogP contribution in [0.5, 0.6) is 5.75 Å². The zero-order chi connectivity index (χ0) is 24.7. The van der Waals surface area contributed by atoms with Crippen LogP contribution in [0, 0.1) is 6.92 Å². The number of nitrogens with one attached hydrogen (secondary N) is 1. The van der Waals surface area contributed by atoms with Crippen LogP contribution in [0.1, 0.15) is 29.3 Å². The number of ether oxygens (including phenoxy) is 2. The number of hydrogen-bond acceptors (Lipinski definition) is 6. The first-order chi connectivity index (χ1) is 16.9. The molecule has 5 rings (SSSR count). The number of carbonyl (C=O) groups is 2. The van der Waals surface area contributed by atoms with Gasteiger partial charge in [0.15, 0.2) is 6.61 Å². The van der Waals surface area contributed by atoms with Crippen molar-refractivity contribution in [1.29, 1.82) is 0 Å². The highest BCUT2D eigenvalue weighted by Gasteiger charge is 2.37. The largest absolute Gasteiger partial charge is 0.483 e. The lowest BCUT2D eigenvalue weighted by molar-refractivity contribution is -0.154. The van der Waals surface area contributed by atoms with E-state index in [1.165, 1.54) is 18.1 Å². The fraction of sp³-hybridized carbons (Fsp3) is 0.296. The first-order valence-electron chi connectivity index (χ1n) is 11.6. The Hall–Kier alpha value is -4.07. The van der Waals surface area contributed by atoms with Crippen LogP contribution in [0.3, 0.4) is 0 Å². The molecule has 1 aliphatic rings. The van der Waals surface area contributed by atoms with Crippen LogP contribution in [0.25, 0.3) is 21.9 Å². The van der Waals surface area contributed by atoms with Gasteiger partial charge < -0.3 is 23.8 Å². The number of para-hydroxylation sites is 1. The molecule has 0 radical (unpaired) electrons. The molecule has 1 unspecified atom stereocenters. The van der Waals surface area contributed by atoms with Crippen LogP contribution < -0.4 is 10.4 Å². The highest BCUT2D eigenvalue weighted by atomic mass is 16.5. The first kappa shape index (κ1) is 22.7. The van der Waals surface area contributed by atoms with E-state index >= 15 is 0 Å². The molecular weight excluding hydrogens is 448 g/mol. The lowest BCUT2D eigenvalue weighted by Crippen LogP contribution is -2.50. The number of amides is 1. The number of H-pyrrole nitrogens is 1. The zero-order valence-corrected chi connectivity index (χ0v) is 19.8. The number of nitrogens with zero attached hydrogens (tertiary/aromatic N) is 1. The third-order valence-corrected chi connectivity index (χ3v) is 6.73. The molecule has 0 spiro atoms. The van der Waals surface area contributed by atoms with Crippen LogP contribution in [0.4, 0.5) is 0 Å². The number of aromatic nitrogens is 1. The number of esters is 1. The van der Waals surface area contributed by atoms with E-state index < -0.39 is 17.6 Å². The molecule has 4 aromatic rings. The SMILES string of the molecule is CCc1cc(=O)oc2c(C)c(OCC(=O)N3Cc4[nH]c5ccccc5c4CC3C(=O)OC)ccc12. The number of carbonyl (C=O) groups excluding carboxylic acids is 2. The number of aromatic amines is 1. The Morgan fingerprint density at radius 2 is 1.97 bits per heavy atom. The molecular formula is C27H26N2O6. The van der Waals surface area contributed by atoms with Crippen molar-refractivity contribution in [2.45, 2.75) is 39.3 Å². The topological polar surface area (TPSA) is 102 Å². The van der Waals surface area contributed by atoms with E-state index in [-0.39, 0.29) is 19.1 Å². The van der Waals surface area contributed by atoms with E-state index in [0.717, 1.165) is 33.1 Å². The van der Waals surface area contributed by atoms with Crippen molar-refractivity contribution >= 4 is 33.7 Å². The molecule has 0 fully saturated rings. The van der Waals surface area contributed by atoms with E-state index in [4.69, 9.17) is 13.9 Å². The van der Waals surface area contributed by atoms with E-state index in [1.807, 2.05) is 37.3 Å². The number of methoxy groups -OCH3 is 1. The number of benzene rings is 2. The van der Waals surface area contributed by atoms with E-state index in [9.17, 15) is 14.4 Å². The maximum absolute atomic E-state index is 13.3. The van der Waals surface area contributed by atoms with Gasteiger partial charge in [-0.2, -0.15) is 0 Å². The Morgan fingerprint density at radius 1 is 1.17 bits per heavy atom. The monoisotopic (exact) mass is 474 g/mol. The van der Waals surface area contributed by atoms with Crippen LogP contribution in [-0.2, 0) is 33.7 Å². The molecule has 8 heteroatoms. The standard InChI is InChI=1S/C27H26N2O6/c1-4-16-11-25(31)35-26-15(2)23(10-9-17(16)26)34-14-24(30)29-13-21-19(12-22(29)27(32)33-3)18-7-5-6-8-20(18)28-21/h5-11,22,28H,4,12-14H2,1-3H3. The second-order valence-corrected chi connectivity index (χ2v) is 8.69. The average molecular weight is 475 g/mol. The fourth-order valence-corrected chi connectivity index (χ4v) is 4.90. The van der Waals surface area contributed by atoms with Gasteiger partial charge in [-0.15, -0.1) is 0 Å². The molecule has 1 N–H and O–H groups in total. The average Bonchev–Trinajstić information content (AvgIpc) is 3.24. The summed E-state index contributed by atoms with van der Waals surface area (Å²) in [7, 11) is 1.32. The van der Waals surface area contributed by atoms with Gasteiger partial charge >= 0.3 is 11.6 Å². The van der Waals surface area contributed by atoms with Crippen molar-refractivity contribution < 1.29 is 23.5 Å². The molecule has 1 aliphatic heterocycles. The molecule has 0 saturated heterocycles. The van der Waals surface area contributed by atoms with Crippen molar-refractivity contribution in [3.8, 4) is 5.75 Å². The lowest BCUT2D eigenvalue weighted by atomic mass is 9.96. The maximum atomic E-state index is 13.3. The summed E-state index contributed by atoms with van der Waals surface area (Å²) < 4.78 is 16.3. The summed E-state index contributed by atoms with van der Waals surface area (Å²) in [5, 5.41) is 1.89. The van der Waals surface area contributed by atoms with E-state index in [1.54, 1.807) is 13.0 Å². The molecule has 2 aromatic heterocycles. The maximum Gasteiger partial charge on any atom is 0.336 e. The van der Waals surface area contributed by atoms with Gasteiger partial charge in [-0.05, 0) is 42.7 Å². The van der Waals surface area contributed by atoms with Crippen molar-refractivity contribution in [2.75, 3.05) is 13.7 Å². The molecule has 180 valence electrons. The summed E-state index contributed by atoms with van der Waals surface area (Å²) in [6.07, 6.45) is 1.05. The third kappa shape index (κ3) is 3.95. The van der Waals surface area contributed by atoms with Crippen molar-refractivity contribution in [2.24, 2.45) is 0 Å². The molecule has 1 atom stereocenters. The second kappa shape index (κ2) is 8.94. The smallest absolute Gasteiger partial charge is 0.336 e. The zero-order valence-electron chi connectivity index (χ0n) is 19.8. The van der Waals surface area contributed by atoms with Crippen LogP contribution in [0.2, 0.25) is 0 Å². The predicted octanol–water partition coefficient (Wildman–Crippen LogP) is 3.65. The summed E-state index contributed by atoms with van der Waals surface area (Å²) in [4.78, 5) is 42.7. The summed E-state index contributed by atoms with van der Waals surface area (Å²) >= 11 is 0. The van der Waals surface area contributed by atoms with Crippen LogP contribution >= 0.6 is 0 Å². The number of fused-ring (bicyclic) bond motifs is 4. The van der Waals surface area contributed by atoms with Crippen LogP contribution in [0.15, 0.2) is 51.7 Å². The molecule has 8 nitrogen and oxygen atoms in total. The quantitative estimate of drug-likeness (QED) is 0.350. The van der Waals surface area contributed by atoms with Crippen molar-refractivity contribution in [1.82, 2.24) is 9.88 Å². The first-order valence-corrected chi connectivity index (χ1v) is 11.6. The van der Waals surface area contributed by atoms with Gasteiger partial charge in [0.05, 0.1) is 13.7 Å². The molecule has 1 amide bonds. The van der Waals surface area contributed by atoms with Crippen molar-refractivity contribution in [3.05, 3.63) is 75.3 Å². The van der Waals surface area contributed by atoms with Gasteiger partial charge in [0.2, 0.25) is 0 Å².